The molecule has 5 nitrogen and oxygen atoms in total. The first-order chi connectivity index (χ1) is 11.0. The molecule has 0 atom stereocenters. The van der Waals surface area contributed by atoms with Gasteiger partial charge in [-0.05, 0) is 32.3 Å². The number of carbonyl (C=O) groups excluding carboxylic acids is 1. The Bertz CT molecular complexity index is 639. The van der Waals surface area contributed by atoms with Crippen molar-refractivity contribution in [3.8, 4) is 6.07 Å². The molecule has 3 rings (SSSR count). The number of hydrogen-bond acceptors (Lipinski definition) is 4. The van der Waals surface area contributed by atoms with Gasteiger partial charge < -0.3 is 10.1 Å². The molecule has 6 heteroatoms. The summed E-state index contributed by atoms with van der Waals surface area (Å²) >= 11 is 1.46. The van der Waals surface area contributed by atoms with Crippen molar-refractivity contribution in [2.75, 3.05) is 5.32 Å². The minimum absolute atomic E-state index is 0.202. The Hall–Kier alpha value is -1.58. The molecule has 2 N–H and O–H groups in total. The minimum atomic E-state index is -0.263. The molecule has 1 aliphatic carbocycles. The lowest BCUT2D eigenvalue weighted by Gasteiger charge is -2.29. The van der Waals surface area contributed by atoms with Gasteiger partial charge in [-0.15, -0.1) is 11.3 Å². The van der Waals surface area contributed by atoms with Gasteiger partial charge >= 0.3 is 6.03 Å². The third-order valence-electron chi connectivity index (χ3n) is 4.57. The van der Waals surface area contributed by atoms with Crippen molar-refractivity contribution in [2.24, 2.45) is 0 Å². The molecule has 1 fully saturated rings. The van der Waals surface area contributed by atoms with Gasteiger partial charge in [0.05, 0.1) is 17.8 Å². The highest BCUT2D eigenvalue weighted by atomic mass is 32.1. The number of hydrogen-bond donors (Lipinski definition) is 2. The number of nitrogens with zero attached hydrogens (tertiary/aromatic N) is 1. The van der Waals surface area contributed by atoms with Crippen LogP contribution in [0.15, 0.2) is 0 Å². The summed E-state index contributed by atoms with van der Waals surface area (Å²) in [5.74, 6) is 0. The standard InChI is InChI=1S/C17H23N3O2S/c1-17(2)8-12-13(9-18)15(23-14(12)10-22-17)20-16(21)19-11-6-4-3-5-7-11/h11H,3-8,10H2,1-2H3,(H2,19,20,21). The van der Waals surface area contributed by atoms with E-state index in [2.05, 4.69) is 16.7 Å². The molecule has 2 heterocycles. The molecule has 0 saturated heterocycles. The van der Waals surface area contributed by atoms with Crippen LogP contribution in [-0.2, 0) is 17.8 Å². The largest absolute Gasteiger partial charge is 0.370 e. The molecule has 1 aliphatic heterocycles. The lowest BCUT2D eigenvalue weighted by molar-refractivity contribution is -0.0383. The van der Waals surface area contributed by atoms with Crippen LogP contribution >= 0.6 is 11.3 Å². The zero-order valence-corrected chi connectivity index (χ0v) is 14.5. The molecule has 2 amide bonds. The normalized spacial score (nSPS) is 20.4. The molecular formula is C17H23N3O2S. The molecule has 1 aromatic heterocycles. The Morgan fingerprint density at radius 2 is 2.09 bits per heavy atom. The van der Waals surface area contributed by atoms with Gasteiger partial charge in [-0.25, -0.2) is 4.79 Å². The van der Waals surface area contributed by atoms with Crippen LogP contribution in [0.1, 0.15) is 62.0 Å². The fourth-order valence-electron chi connectivity index (χ4n) is 3.33. The Kier molecular flexibility index (Phi) is 4.60. The molecule has 2 aliphatic rings. The van der Waals surface area contributed by atoms with E-state index >= 15 is 0 Å². The maximum Gasteiger partial charge on any atom is 0.320 e. The van der Waals surface area contributed by atoms with E-state index in [0.717, 1.165) is 23.3 Å². The average molecular weight is 333 g/mol. The molecule has 0 unspecified atom stereocenters. The van der Waals surface area contributed by atoms with Crippen LogP contribution in [0.5, 0.6) is 0 Å². The Balaban J connectivity index is 1.72. The van der Waals surface area contributed by atoms with Crippen molar-refractivity contribution in [1.82, 2.24) is 5.32 Å². The van der Waals surface area contributed by atoms with Crippen LogP contribution in [0.2, 0.25) is 0 Å². The maximum atomic E-state index is 12.2. The number of amides is 2. The summed E-state index contributed by atoms with van der Waals surface area (Å²) in [5, 5.41) is 16.1. The molecule has 1 aromatic rings. The first-order valence-corrected chi connectivity index (χ1v) is 9.06. The second-order valence-electron chi connectivity index (χ2n) is 6.98. The van der Waals surface area contributed by atoms with E-state index < -0.39 is 0 Å². The number of nitriles is 1. The van der Waals surface area contributed by atoms with E-state index in [4.69, 9.17) is 4.74 Å². The summed E-state index contributed by atoms with van der Waals surface area (Å²) in [5.41, 5.74) is 1.36. The average Bonchev–Trinajstić information content (AvgIpc) is 2.83. The van der Waals surface area contributed by atoms with E-state index in [1.165, 1.54) is 30.6 Å². The minimum Gasteiger partial charge on any atom is -0.370 e. The molecule has 124 valence electrons. The van der Waals surface area contributed by atoms with Gasteiger partial charge in [0, 0.05) is 17.3 Å². The van der Waals surface area contributed by atoms with Crippen LogP contribution in [-0.4, -0.2) is 17.7 Å². The Morgan fingerprint density at radius 1 is 1.35 bits per heavy atom. The number of urea groups is 1. The fraction of sp³-hybridized carbons (Fsp3) is 0.647. The summed E-state index contributed by atoms with van der Waals surface area (Å²) in [4.78, 5) is 13.3. The first-order valence-electron chi connectivity index (χ1n) is 8.24. The SMILES string of the molecule is CC1(C)Cc2c(sc(NC(=O)NC3CCCCC3)c2C#N)CO1. The zero-order valence-electron chi connectivity index (χ0n) is 13.7. The van der Waals surface area contributed by atoms with E-state index in [1.54, 1.807) is 0 Å². The van der Waals surface area contributed by atoms with Crippen LogP contribution in [0.25, 0.3) is 0 Å². The number of ether oxygens (including phenoxy) is 1. The van der Waals surface area contributed by atoms with Gasteiger partial charge in [0.15, 0.2) is 0 Å². The first kappa shape index (κ1) is 16.3. The quantitative estimate of drug-likeness (QED) is 0.861. The van der Waals surface area contributed by atoms with Crippen LogP contribution < -0.4 is 10.6 Å². The third kappa shape index (κ3) is 3.67. The number of carbonyl (C=O) groups is 1. The molecule has 0 radical (unpaired) electrons. The Labute approximate surface area is 141 Å². The van der Waals surface area contributed by atoms with Gasteiger partial charge in [0.2, 0.25) is 0 Å². The topological polar surface area (TPSA) is 74.2 Å². The summed E-state index contributed by atoms with van der Waals surface area (Å²) in [6, 6.07) is 2.32. The smallest absolute Gasteiger partial charge is 0.320 e. The van der Waals surface area contributed by atoms with Crippen molar-refractivity contribution in [3.63, 3.8) is 0 Å². The van der Waals surface area contributed by atoms with E-state index in [1.807, 2.05) is 13.8 Å². The number of nitrogens with one attached hydrogen (secondary N) is 2. The summed E-state index contributed by atoms with van der Waals surface area (Å²) in [7, 11) is 0. The molecule has 0 bridgehead atoms. The molecule has 1 saturated carbocycles. The fourth-order valence-corrected chi connectivity index (χ4v) is 4.41. The number of fused-ring (bicyclic) bond motifs is 1. The number of thiophene rings is 1. The highest BCUT2D eigenvalue weighted by molar-refractivity contribution is 7.16. The zero-order chi connectivity index (χ0) is 16.4. The van der Waals surface area contributed by atoms with E-state index in [9.17, 15) is 10.1 Å². The van der Waals surface area contributed by atoms with Crippen molar-refractivity contribution in [3.05, 3.63) is 16.0 Å². The lowest BCUT2D eigenvalue weighted by atomic mass is 9.93. The highest BCUT2D eigenvalue weighted by Gasteiger charge is 2.31. The number of rotatable bonds is 2. The van der Waals surface area contributed by atoms with E-state index in [-0.39, 0.29) is 17.7 Å². The van der Waals surface area contributed by atoms with Crippen molar-refractivity contribution >= 4 is 22.4 Å². The van der Waals surface area contributed by atoms with Crippen molar-refractivity contribution in [2.45, 2.75) is 70.6 Å². The third-order valence-corrected chi connectivity index (χ3v) is 5.69. The monoisotopic (exact) mass is 333 g/mol. The van der Waals surface area contributed by atoms with Gasteiger partial charge in [-0.3, -0.25) is 5.32 Å². The highest BCUT2D eigenvalue weighted by Crippen LogP contribution is 2.39. The molecule has 23 heavy (non-hydrogen) atoms. The van der Waals surface area contributed by atoms with Gasteiger partial charge in [0.1, 0.15) is 11.1 Å². The molecule has 0 spiro atoms. The molecule has 0 aromatic carbocycles. The predicted octanol–water partition coefficient (Wildman–Crippen LogP) is 3.93. The van der Waals surface area contributed by atoms with Crippen LogP contribution in [0.4, 0.5) is 9.80 Å². The Morgan fingerprint density at radius 3 is 2.78 bits per heavy atom. The van der Waals surface area contributed by atoms with E-state index in [0.29, 0.717) is 23.6 Å². The molecular weight excluding hydrogens is 310 g/mol. The van der Waals surface area contributed by atoms with Crippen molar-refractivity contribution < 1.29 is 9.53 Å². The maximum absolute atomic E-state index is 12.2. The number of anilines is 1. The van der Waals surface area contributed by atoms with Crippen LogP contribution in [0.3, 0.4) is 0 Å². The predicted molar refractivity (Wildman–Crippen MR) is 90.6 cm³/mol. The summed E-state index contributed by atoms with van der Waals surface area (Å²) in [6.45, 7) is 4.56. The van der Waals surface area contributed by atoms with Crippen molar-refractivity contribution in [1.29, 1.82) is 5.26 Å². The second-order valence-corrected chi connectivity index (χ2v) is 8.08. The van der Waals surface area contributed by atoms with Gasteiger partial charge in [0.25, 0.3) is 0 Å². The summed E-state index contributed by atoms with van der Waals surface area (Å²) in [6.07, 6.45) is 6.39. The van der Waals surface area contributed by atoms with Gasteiger partial charge in [-0.2, -0.15) is 5.26 Å². The lowest BCUT2D eigenvalue weighted by Crippen LogP contribution is -2.39. The van der Waals surface area contributed by atoms with Gasteiger partial charge in [-0.1, -0.05) is 19.3 Å². The van der Waals surface area contributed by atoms with Crippen LogP contribution in [0, 0.1) is 11.3 Å². The second kappa shape index (κ2) is 6.50. The summed E-state index contributed by atoms with van der Waals surface area (Å²) < 4.78 is 5.80.